The maximum absolute atomic E-state index is 10.4. The van der Waals surface area contributed by atoms with Gasteiger partial charge in [-0.25, -0.2) is 0 Å². The van der Waals surface area contributed by atoms with Crippen LogP contribution in [0.1, 0.15) is 59.3 Å². The normalized spacial score (nSPS) is 35.5. The molecule has 4 fully saturated rings. The van der Waals surface area contributed by atoms with Gasteiger partial charge in [-0.05, 0) is 20.3 Å². The van der Waals surface area contributed by atoms with Crippen LogP contribution in [0.15, 0.2) is 0 Å². The molecule has 4 rings (SSSR count). The van der Waals surface area contributed by atoms with Crippen molar-refractivity contribution >= 4 is 6.29 Å². The summed E-state index contributed by atoms with van der Waals surface area (Å²) in [6, 6.07) is 0. The second-order valence-corrected chi connectivity index (χ2v) is 10.9. The van der Waals surface area contributed by atoms with Gasteiger partial charge in [-0.1, -0.05) is 25.2 Å². The van der Waals surface area contributed by atoms with Gasteiger partial charge in [-0.3, -0.25) is 0 Å². The maximum atomic E-state index is 10.4. The highest BCUT2D eigenvalue weighted by Gasteiger charge is 2.37. The molecule has 0 N–H and O–H groups in total. The van der Waals surface area contributed by atoms with Crippen molar-refractivity contribution in [3.63, 3.8) is 0 Å². The van der Waals surface area contributed by atoms with Gasteiger partial charge >= 0.3 is 0 Å². The van der Waals surface area contributed by atoms with Crippen molar-refractivity contribution in [3.8, 4) is 23.7 Å². The van der Waals surface area contributed by atoms with E-state index < -0.39 is 6.29 Å². The molecule has 4 saturated heterocycles. The third-order valence-electron chi connectivity index (χ3n) is 7.86. The van der Waals surface area contributed by atoms with Gasteiger partial charge in [0.25, 0.3) is 0 Å². The SMILES string of the molecule is CC#CC1CC(OC)OC1OC.CC#CC1CC(OC)OC1OC.CCCC1CC(OC)OC1OC.COC1CC(C=O)C(OC)O1. The zero-order valence-electron chi connectivity index (χ0n) is 30.1. The van der Waals surface area contributed by atoms with Crippen LogP contribution in [0, 0.1) is 47.4 Å². The van der Waals surface area contributed by atoms with Gasteiger partial charge in [0.1, 0.15) is 6.29 Å². The van der Waals surface area contributed by atoms with E-state index in [-0.39, 0.29) is 61.8 Å². The second-order valence-electron chi connectivity index (χ2n) is 10.9. The first-order valence-corrected chi connectivity index (χ1v) is 15.9. The summed E-state index contributed by atoms with van der Waals surface area (Å²) in [5.41, 5.74) is 0. The van der Waals surface area contributed by atoms with Crippen molar-refractivity contribution in [3.05, 3.63) is 0 Å². The second kappa shape index (κ2) is 25.3. The summed E-state index contributed by atoms with van der Waals surface area (Å²) < 4.78 is 61.9. The van der Waals surface area contributed by atoms with E-state index in [1.807, 2.05) is 13.8 Å². The summed E-state index contributed by atoms with van der Waals surface area (Å²) >= 11 is 0. The van der Waals surface area contributed by atoms with Crippen LogP contribution < -0.4 is 0 Å². The fourth-order valence-corrected chi connectivity index (χ4v) is 5.45. The van der Waals surface area contributed by atoms with Gasteiger partial charge in [0, 0.05) is 88.5 Å². The average Bonchev–Trinajstić information content (AvgIpc) is 3.90. The zero-order chi connectivity index (χ0) is 35.2. The zero-order valence-corrected chi connectivity index (χ0v) is 30.1. The molecule has 47 heavy (non-hydrogen) atoms. The van der Waals surface area contributed by atoms with Crippen LogP contribution in [0.4, 0.5) is 0 Å². The number of rotatable bonds is 11. The van der Waals surface area contributed by atoms with Crippen LogP contribution in [-0.2, 0) is 61.6 Å². The average molecular weight is 675 g/mol. The Balaban J connectivity index is 0.000000314. The molecule has 0 aliphatic carbocycles. The molecule has 4 heterocycles. The summed E-state index contributed by atoms with van der Waals surface area (Å²) in [5.74, 6) is 12.4. The van der Waals surface area contributed by atoms with Crippen molar-refractivity contribution in [1.29, 1.82) is 0 Å². The first-order valence-electron chi connectivity index (χ1n) is 15.9. The Kier molecular flexibility index (Phi) is 23.3. The van der Waals surface area contributed by atoms with Crippen LogP contribution in [0.5, 0.6) is 0 Å². The summed E-state index contributed by atoms with van der Waals surface area (Å²) in [5, 5.41) is 0. The lowest BCUT2D eigenvalue weighted by Gasteiger charge is -2.14. The third kappa shape index (κ3) is 14.8. The molecule has 13 heteroatoms. The van der Waals surface area contributed by atoms with Crippen LogP contribution >= 0.6 is 0 Å². The van der Waals surface area contributed by atoms with E-state index in [0.29, 0.717) is 12.3 Å². The molecule has 4 aliphatic rings. The number of aldehydes is 1. The third-order valence-corrected chi connectivity index (χ3v) is 7.86. The van der Waals surface area contributed by atoms with E-state index >= 15 is 0 Å². The van der Waals surface area contributed by atoms with E-state index in [2.05, 4.69) is 30.6 Å². The summed E-state index contributed by atoms with van der Waals surface area (Å²) in [4.78, 5) is 10.4. The van der Waals surface area contributed by atoms with Gasteiger partial charge in [0.15, 0.2) is 50.3 Å². The first kappa shape index (κ1) is 43.3. The lowest BCUT2D eigenvalue weighted by Crippen LogP contribution is -2.19. The Hall–Kier alpha value is -1.69. The molecule has 0 bridgehead atoms. The predicted molar refractivity (Wildman–Crippen MR) is 171 cm³/mol. The number of methoxy groups -OCH3 is 8. The number of carbonyl (C=O) groups excluding carboxylic acids is 1. The lowest BCUT2D eigenvalue weighted by atomic mass is 10.0. The van der Waals surface area contributed by atoms with Crippen LogP contribution in [0.25, 0.3) is 0 Å². The maximum Gasteiger partial charge on any atom is 0.174 e. The summed E-state index contributed by atoms with van der Waals surface area (Å²) in [6.07, 6.45) is 4.63. The van der Waals surface area contributed by atoms with Crippen LogP contribution in [0.3, 0.4) is 0 Å². The molecule has 0 saturated carbocycles. The van der Waals surface area contributed by atoms with Gasteiger partial charge in [-0.2, -0.15) is 0 Å². The molecule has 12 unspecified atom stereocenters. The van der Waals surface area contributed by atoms with Crippen molar-refractivity contribution in [2.75, 3.05) is 56.9 Å². The number of hydrogen-bond acceptors (Lipinski definition) is 13. The molecule has 0 aromatic heterocycles. The fourth-order valence-electron chi connectivity index (χ4n) is 5.45. The van der Waals surface area contributed by atoms with Crippen LogP contribution in [0.2, 0.25) is 0 Å². The molecule has 0 amide bonds. The molecule has 0 spiro atoms. The van der Waals surface area contributed by atoms with Gasteiger partial charge in [0.05, 0.1) is 17.8 Å². The van der Waals surface area contributed by atoms with E-state index in [0.717, 1.165) is 32.0 Å². The molecule has 0 aromatic rings. The van der Waals surface area contributed by atoms with Crippen molar-refractivity contribution in [2.45, 2.75) is 110 Å². The minimum absolute atomic E-state index is 0.0603. The number of carbonyl (C=O) groups is 1. The van der Waals surface area contributed by atoms with Gasteiger partial charge in [-0.15, -0.1) is 11.8 Å². The van der Waals surface area contributed by atoms with Crippen molar-refractivity contribution in [1.82, 2.24) is 0 Å². The van der Waals surface area contributed by atoms with E-state index in [4.69, 9.17) is 56.8 Å². The molecule has 0 aromatic carbocycles. The Morgan fingerprint density at radius 3 is 1.28 bits per heavy atom. The van der Waals surface area contributed by atoms with Crippen LogP contribution in [-0.4, -0.2) is 113 Å². The smallest absolute Gasteiger partial charge is 0.174 e. The summed E-state index contributed by atoms with van der Waals surface area (Å²) in [7, 11) is 12.9. The van der Waals surface area contributed by atoms with E-state index in [9.17, 15) is 4.79 Å². The molecule has 13 nitrogen and oxygen atoms in total. The number of hydrogen-bond donors (Lipinski definition) is 0. The molecule has 272 valence electrons. The number of ether oxygens (including phenoxy) is 12. The monoisotopic (exact) mass is 674 g/mol. The largest absolute Gasteiger partial charge is 0.356 e. The fraction of sp³-hybridized carbons (Fsp3) is 0.853. The van der Waals surface area contributed by atoms with Gasteiger partial charge in [0.2, 0.25) is 0 Å². The molecular formula is C34H58O13. The van der Waals surface area contributed by atoms with Crippen molar-refractivity contribution < 1.29 is 61.6 Å². The minimum atomic E-state index is -0.433. The molecule has 12 atom stereocenters. The molecule has 0 radical (unpaired) electrons. The quantitative estimate of drug-likeness (QED) is 0.232. The Morgan fingerprint density at radius 2 is 0.936 bits per heavy atom. The Labute approximate surface area is 281 Å². The Morgan fingerprint density at radius 1 is 0.553 bits per heavy atom. The summed E-state index contributed by atoms with van der Waals surface area (Å²) in [6.45, 7) is 5.80. The minimum Gasteiger partial charge on any atom is -0.356 e. The van der Waals surface area contributed by atoms with Gasteiger partial charge < -0.3 is 61.6 Å². The molecular weight excluding hydrogens is 616 g/mol. The highest BCUT2D eigenvalue weighted by Crippen LogP contribution is 2.31. The Bertz CT molecular complexity index is 900. The standard InChI is InChI=1S/C9H18O3.2C9H14O3.C7H12O4/c3*1-4-5-7-6-8(10-2)12-9(7)11-3;1-9-6-3-5(4-8)7(10-2)11-6/h7-9H,4-6H2,1-3H3;2*7-9H,6H2,1-3H3;4-7H,3H2,1-2H3. The lowest BCUT2D eigenvalue weighted by molar-refractivity contribution is -0.193. The van der Waals surface area contributed by atoms with E-state index in [1.165, 1.54) is 13.5 Å². The topological polar surface area (TPSA) is 128 Å². The highest BCUT2D eigenvalue weighted by atomic mass is 16.8. The predicted octanol–water partition coefficient (Wildman–Crippen LogP) is 3.92. The van der Waals surface area contributed by atoms with E-state index in [1.54, 1.807) is 49.8 Å². The van der Waals surface area contributed by atoms with Crippen molar-refractivity contribution in [2.24, 2.45) is 23.7 Å². The molecule has 4 aliphatic heterocycles. The highest BCUT2D eigenvalue weighted by molar-refractivity contribution is 5.54. The first-order chi connectivity index (χ1) is 22.7.